The van der Waals surface area contributed by atoms with Crippen molar-refractivity contribution in [3.05, 3.63) is 70.2 Å². The van der Waals surface area contributed by atoms with Gasteiger partial charge in [-0.25, -0.2) is 4.90 Å². The second kappa shape index (κ2) is 7.18. The predicted octanol–water partition coefficient (Wildman–Crippen LogP) is 4.62. The van der Waals surface area contributed by atoms with Crippen LogP contribution in [-0.4, -0.2) is 26.8 Å². The van der Waals surface area contributed by atoms with Crippen molar-refractivity contribution in [2.24, 2.45) is 0 Å². The van der Waals surface area contributed by atoms with E-state index in [4.69, 9.17) is 16.7 Å². The molecule has 6 nitrogen and oxygen atoms in total. The smallest absolute Gasteiger partial charge is 0.323 e. The highest BCUT2D eigenvalue weighted by molar-refractivity contribution is 8.19. The van der Waals surface area contributed by atoms with Crippen LogP contribution in [0.15, 0.2) is 59.6 Å². The lowest BCUT2D eigenvalue weighted by Crippen LogP contribution is -2.27. The number of benzene rings is 2. The number of carboxylic acid groups (broad SMARTS) is 1. The van der Waals surface area contributed by atoms with Gasteiger partial charge in [0.1, 0.15) is 6.54 Å². The molecule has 0 saturated carbocycles. The van der Waals surface area contributed by atoms with Crippen LogP contribution in [0.3, 0.4) is 0 Å². The summed E-state index contributed by atoms with van der Waals surface area (Å²) in [7, 11) is 0. The van der Waals surface area contributed by atoms with Crippen molar-refractivity contribution < 1.29 is 19.5 Å². The van der Waals surface area contributed by atoms with E-state index in [1.54, 1.807) is 41.1 Å². The monoisotopic (exact) mass is 412 g/mol. The number of aliphatic carboxylic acids is 1. The van der Waals surface area contributed by atoms with Gasteiger partial charge >= 0.3 is 5.97 Å². The van der Waals surface area contributed by atoms with Crippen molar-refractivity contribution in [1.29, 1.82) is 0 Å². The number of anilines is 1. The largest absolute Gasteiger partial charge is 0.480 e. The van der Waals surface area contributed by atoms with E-state index < -0.39 is 17.1 Å². The maximum atomic E-state index is 12.8. The van der Waals surface area contributed by atoms with Crippen molar-refractivity contribution >= 4 is 63.1 Å². The minimum absolute atomic E-state index is 0.194. The molecule has 2 aromatic carbocycles. The standard InChI is InChI=1S/C20H13ClN2O4S/c21-13-5-7-14(8-6-13)23-19(26)17(28-20(23)27)9-12-10-22(11-18(24)25)16-4-2-1-3-15(12)16/h1-10H,11H2,(H,24,25)/b17-9-. The zero-order valence-corrected chi connectivity index (χ0v) is 15.9. The molecular formula is C20H13ClN2O4S. The number of carboxylic acids is 1. The van der Waals surface area contributed by atoms with Gasteiger partial charge in [-0.1, -0.05) is 29.8 Å². The molecule has 0 radical (unpaired) electrons. The molecule has 0 aliphatic carbocycles. The minimum Gasteiger partial charge on any atom is -0.480 e. The fraction of sp³-hybridized carbons (Fsp3) is 0.0500. The van der Waals surface area contributed by atoms with Gasteiger partial charge in [0.15, 0.2) is 0 Å². The third kappa shape index (κ3) is 3.30. The van der Waals surface area contributed by atoms with Gasteiger partial charge in [-0.15, -0.1) is 0 Å². The lowest BCUT2D eigenvalue weighted by molar-refractivity contribution is -0.137. The van der Waals surface area contributed by atoms with E-state index in [2.05, 4.69) is 0 Å². The van der Waals surface area contributed by atoms with Crippen LogP contribution in [0.5, 0.6) is 0 Å². The number of aromatic nitrogens is 1. The minimum atomic E-state index is -0.963. The molecule has 140 valence electrons. The molecule has 4 rings (SSSR count). The number of carbonyl (C=O) groups excluding carboxylic acids is 2. The van der Waals surface area contributed by atoms with E-state index in [-0.39, 0.29) is 11.4 Å². The molecular weight excluding hydrogens is 400 g/mol. The van der Waals surface area contributed by atoms with Gasteiger partial charge in [-0.2, -0.15) is 0 Å². The molecule has 1 aromatic heterocycles. The number of carbonyl (C=O) groups is 3. The molecule has 0 spiro atoms. The summed E-state index contributed by atoms with van der Waals surface area (Å²) in [4.78, 5) is 37.7. The van der Waals surface area contributed by atoms with Crippen molar-refractivity contribution in [1.82, 2.24) is 4.57 Å². The topological polar surface area (TPSA) is 79.6 Å². The van der Waals surface area contributed by atoms with Crippen LogP contribution in [0, 0.1) is 0 Å². The number of hydrogen-bond acceptors (Lipinski definition) is 4. The highest BCUT2D eigenvalue weighted by Crippen LogP contribution is 2.37. The zero-order chi connectivity index (χ0) is 19.8. The summed E-state index contributed by atoms with van der Waals surface area (Å²) in [6, 6.07) is 13.8. The molecule has 0 atom stereocenters. The van der Waals surface area contributed by atoms with E-state index in [9.17, 15) is 14.4 Å². The summed E-state index contributed by atoms with van der Waals surface area (Å²) in [6.45, 7) is -0.194. The summed E-state index contributed by atoms with van der Waals surface area (Å²) < 4.78 is 1.60. The van der Waals surface area contributed by atoms with Gasteiger partial charge in [-0.3, -0.25) is 14.4 Å². The van der Waals surface area contributed by atoms with E-state index in [0.29, 0.717) is 16.3 Å². The molecule has 8 heteroatoms. The van der Waals surface area contributed by atoms with Crippen molar-refractivity contribution in [3.8, 4) is 0 Å². The number of thioether (sulfide) groups is 1. The first-order chi connectivity index (χ1) is 13.4. The van der Waals surface area contributed by atoms with Gasteiger partial charge in [0.25, 0.3) is 11.1 Å². The first-order valence-corrected chi connectivity index (χ1v) is 9.46. The molecule has 0 bridgehead atoms. The van der Waals surface area contributed by atoms with Crippen molar-refractivity contribution in [3.63, 3.8) is 0 Å². The van der Waals surface area contributed by atoms with Crippen LogP contribution in [0.2, 0.25) is 5.02 Å². The van der Waals surface area contributed by atoms with Crippen molar-refractivity contribution in [2.45, 2.75) is 6.54 Å². The number of imide groups is 1. The Morgan fingerprint density at radius 3 is 2.54 bits per heavy atom. The van der Waals surface area contributed by atoms with E-state index in [1.807, 2.05) is 24.3 Å². The Morgan fingerprint density at radius 2 is 1.82 bits per heavy atom. The fourth-order valence-corrected chi connectivity index (χ4v) is 4.05. The Labute approximate surface area is 169 Å². The van der Waals surface area contributed by atoms with Gasteiger partial charge in [0.05, 0.1) is 10.6 Å². The van der Waals surface area contributed by atoms with Gasteiger partial charge < -0.3 is 9.67 Å². The Kier molecular flexibility index (Phi) is 4.70. The normalized spacial score (nSPS) is 15.8. The molecule has 3 aromatic rings. The number of rotatable bonds is 4. The molecule has 1 saturated heterocycles. The Morgan fingerprint density at radius 1 is 1.11 bits per heavy atom. The van der Waals surface area contributed by atoms with Gasteiger partial charge in [0, 0.05) is 27.7 Å². The second-order valence-corrected chi connectivity index (χ2v) is 7.55. The summed E-state index contributed by atoms with van der Waals surface area (Å²) in [6.07, 6.45) is 3.30. The summed E-state index contributed by atoms with van der Waals surface area (Å²) >= 11 is 6.72. The van der Waals surface area contributed by atoms with Crippen LogP contribution in [0.4, 0.5) is 10.5 Å². The average molecular weight is 413 g/mol. The van der Waals surface area contributed by atoms with Crippen LogP contribution in [0.25, 0.3) is 17.0 Å². The Hall–Kier alpha value is -3.03. The average Bonchev–Trinajstić information content (AvgIpc) is 3.13. The summed E-state index contributed by atoms with van der Waals surface area (Å²) in [5.74, 6) is -1.39. The van der Waals surface area contributed by atoms with E-state index >= 15 is 0 Å². The predicted molar refractivity (Wildman–Crippen MR) is 109 cm³/mol. The second-order valence-electron chi connectivity index (χ2n) is 6.12. The highest BCUT2D eigenvalue weighted by Gasteiger charge is 2.36. The molecule has 0 unspecified atom stereocenters. The zero-order valence-electron chi connectivity index (χ0n) is 14.3. The van der Waals surface area contributed by atoms with Crippen LogP contribution >= 0.6 is 23.4 Å². The molecule has 1 N–H and O–H groups in total. The number of halogens is 1. The third-order valence-electron chi connectivity index (χ3n) is 4.29. The maximum Gasteiger partial charge on any atom is 0.323 e. The lowest BCUT2D eigenvalue weighted by Gasteiger charge is -2.12. The SMILES string of the molecule is O=C(O)Cn1cc(/C=C2\SC(=O)N(c3ccc(Cl)cc3)C2=O)c2ccccc21. The maximum absolute atomic E-state index is 12.8. The number of fused-ring (bicyclic) bond motifs is 1. The Bertz CT molecular complexity index is 1150. The molecule has 1 aliphatic rings. The van der Waals surface area contributed by atoms with Gasteiger partial charge in [-0.05, 0) is 48.2 Å². The quantitative estimate of drug-likeness (QED) is 0.632. The lowest BCUT2D eigenvalue weighted by atomic mass is 10.1. The van der Waals surface area contributed by atoms with E-state index in [0.717, 1.165) is 27.6 Å². The molecule has 2 heterocycles. The van der Waals surface area contributed by atoms with Crippen molar-refractivity contribution in [2.75, 3.05) is 4.90 Å². The van der Waals surface area contributed by atoms with Crippen LogP contribution in [-0.2, 0) is 16.1 Å². The molecule has 1 aliphatic heterocycles. The van der Waals surface area contributed by atoms with Crippen LogP contribution in [0.1, 0.15) is 5.56 Å². The van der Waals surface area contributed by atoms with Gasteiger partial charge in [0.2, 0.25) is 0 Å². The third-order valence-corrected chi connectivity index (χ3v) is 5.41. The first kappa shape index (κ1) is 18.3. The summed E-state index contributed by atoms with van der Waals surface area (Å²) in [5, 5.41) is 10.0. The van der Waals surface area contributed by atoms with Crippen LogP contribution < -0.4 is 4.90 Å². The molecule has 1 fully saturated rings. The molecule has 28 heavy (non-hydrogen) atoms. The Balaban J connectivity index is 1.74. The number of hydrogen-bond donors (Lipinski definition) is 1. The summed E-state index contributed by atoms with van der Waals surface area (Å²) in [5.41, 5.74) is 1.87. The number of amides is 2. The fourth-order valence-electron chi connectivity index (χ4n) is 3.09. The molecule has 2 amide bonds. The number of nitrogens with zero attached hydrogens (tertiary/aromatic N) is 2. The first-order valence-electron chi connectivity index (χ1n) is 8.27. The number of para-hydroxylation sites is 1. The highest BCUT2D eigenvalue weighted by atomic mass is 35.5. The van der Waals surface area contributed by atoms with E-state index in [1.165, 1.54) is 0 Å².